The monoisotopic (exact) mass is 412 g/mol. The fraction of sp³-hybridized carbons (Fsp3) is 0.862. The smallest absolute Gasteiger partial charge is 0.0569 e. The maximum absolute atomic E-state index is 10.5. The van der Waals surface area contributed by atoms with Gasteiger partial charge in [0.1, 0.15) is 0 Å². The molecule has 0 amide bonds. The summed E-state index contributed by atoms with van der Waals surface area (Å²) in [5.41, 5.74) is 7.80. The van der Waals surface area contributed by atoms with Gasteiger partial charge in [0.05, 0.1) is 6.10 Å². The number of aliphatic hydroxyl groups excluding tert-OH is 1. The van der Waals surface area contributed by atoms with Crippen LogP contribution in [0.3, 0.4) is 0 Å². The first kappa shape index (κ1) is 22.6. The van der Waals surface area contributed by atoms with E-state index in [2.05, 4.69) is 48.5 Å². The van der Waals surface area contributed by atoms with E-state index in [1.165, 1.54) is 63.4 Å². The first-order valence-electron chi connectivity index (χ1n) is 13.1. The summed E-state index contributed by atoms with van der Waals surface area (Å²) in [5.74, 6) is 3.76. The molecule has 0 heterocycles. The van der Waals surface area contributed by atoms with Crippen molar-refractivity contribution in [3.63, 3.8) is 0 Å². The molecule has 0 spiro atoms. The maximum atomic E-state index is 10.5. The van der Waals surface area contributed by atoms with E-state index in [0.717, 1.165) is 24.2 Å². The van der Waals surface area contributed by atoms with Crippen molar-refractivity contribution in [2.75, 3.05) is 0 Å². The van der Waals surface area contributed by atoms with Gasteiger partial charge in [-0.1, -0.05) is 50.0 Å². The van der Waals surface area contributed by atoms with Crippen molar-refractivity contribution in [2.24, 2.45) is 40.4 Å². The van der Waals surface area contributed by atoms with Crippen molar-refractivity contribution in [3.05, 3.63) is 22.3 Å². The Hall–Kier alpha value is -0.560. The van der Waals surface area contributed by atoms with E-state index in [-0.39, 0.29) is 6.10 Å². The second kappa shape index (κ2) is 8.09. The Balaban J connectivity index is 1.56. The highest BCUT2D eigenvalue weighted by atomic mass is 16.3. The van der Waals surface area contributed by atoms with E-state index in [9.17, 15) is 5.11 Å². The zero-order valence-electron chi connectivity index (χ0n) is 21.0. The van der Waals surface area contributed by atoms with Crippen LogP contribution in [-0.2, 0) is 0 Å². The summed E-state index contributed by atoms with van der Waals surface area (Å²) in [4.78, 5) is 0. The minimum atomic E-state index is -0.0694. The number of hydrogen-bond donors (Lipinski definition) is 1. The number of allylic oxidation sites excluding steroid dienone is 4. The minimum absolute atomic E-state index is 0.0694. The van der Waals surface area contributed by atoms with Gasteiger partial charge in [-0.3, -0.25) is 0 Å². The summed E-state index contributed by atoms with van der Waals surface area (Å²) >= 11 is 0. The van der Waals surface area contributed by atoms with Crippen molar-refractivity contribution in [2.45, 2.75) is 119 Å². The van der Waals surface area contributed by atoms with Crippen molar-refractivity contribution in [3.8, 4) is 0 Å². The lowest BCUT2D eigenvalue weighted by Crippen LogP contribution is -2.49. The Morgan fingerprint density at radius 3 is 2.47 bits per heavy atom. The van der Waals surface area contributed by atoms with E-state index in [0.29, 0.717) is 22.7 Å². The van der Waals surface area contributed by atoms with Crippen LogP contribution in [0, 0.1) is 40.4 Å². The van der Waals surface area contributed by atoms with Crippen LogP contribution in [0.15, 0.2) is 22.3 Å². The average Bonchev–Trinajstić information content (AvgIpc) is 3.06. The summed E-state index contributed by atoms with van der Waals surface area (Å²) in [6.45, 7) is 17.0. The van der Waals surface area contributed by atoms with Crippen molar-refractivity contribution >= 4 is 0 Å². The Labute approximate surface area is 186 Å². The lowest BCUT2D eigenvalue weighted by atomic mass is 9.49. The molecule has 0 aliphatic heterocycles. The average molecular weight is 413 g/mol. The minimum Gasteiger partial charge on any atom is -0.393 e. The van der Waals surface area contributed by atoms with Gasteiger partial charge in [-0.2, -0.15) is 0 Å². The zero-order valence-corrected chi connectivity index (χ0v) is 21.0. The van der Waals surface area contributed by atoms with E-state index in [4.69, 9.17) is 0 Å². The fourth-order valence-corrected chi connectivity index (χ4v) is 8.78. The quantitative estimate of drug-likeness (QED) is 0.462. The third kappa shape index (κ3) is 3.46. The first-order valence-corrected chi connectivity index (χ1v) is 13.1. The van der Waals surface area contributed by atoms with Gasteiger partial charge >= 0.3 is 0 Å². The highest BCUT2D eigenvalue weighted by Crippen LogP contribution is 2.66. The molecule has 1 heteroatoms. The first-order chi connectivity index (χ1) is 14.1. The molecule has 4 rings (SSSR count). The largest absolute Gasteiger partial charge is 0.393 e. The van der Waals surface area contributed by atoms with Crippen LogP contribution in [0.25, 0.3) is 0 Å². The van der Waals surface area contributed by atoms with Crippen LogP contribution in [0.2, 0.25) is 0 Å². The van der Waals surface area contributed by atoms with Gasteiger partial charge < -0.3 is 5.11 Å². The summed E-state index contributed by atoms with van der Waals surface area (Å²) in [7, 11) is 0. The molecule has 0 saturated heterocycles. The van der Waals surface area contributed by atoms with Crippen LogP contribution in [0.1, 0.15) is 113 Å². The molecule has 2 fully saturated rings. The SMILES string of the molecule is CC(C)=C(C)CC[C@@H](C)[C@H]1CC[C@H]2C3=C(CC[C@]12C)[C@@]1(C)CC[C@H](O)[C@@H](C)C1CC3. The molecular weight excluding hydrogens is 364 g/mol. The van der Waals surface area contributed by atoms with E-state index >= 15 is 0 Å². The molecule has 0 aromatic carbocycles. The van der Waals surface area contributed by atoms with Gasteiger partial charge in [0, 0.05) is 0 Å². The number of hydrogen-bond acceptors (Lipinski definition) is 1. The van der Waals surface area contributed by atoms with Gasteiger partial charge in [-0.05, 0) is 125 Å². The van der Waals surface area contributed by atoms with Crippen molar-refractivity contribution < 1.29 is 5.11 Å². The molecule has 4 aliphatic rings. The molecule has 30 heavy (non-hydrogen) atoms. The number of fused-ring (bicyclic) bond motifs is 4. The van der Waals surface area contributed by atoms with Crippen LogP contribution in [0.4, 0.5) is 0 Å². The third-order valence-corrected chi connectivity index (χ3v) is 11.1. The van der Waals surface area contributed by atoms with E-state index in [1.54, 1.807) is 5.57 Å². The highest BCUT2D eigenvalue weighted by molar-refractivity contribution is 5.34. The van der Waals surface area contributed by atoms with E-state index in [1.807, 2.05) is 11.1 Å². The topological polar surface area (TPSA) is 20.2 Å². The lowest BCUT2D eigenvalue weighted by molar-refractivity contribution is -0.0336. The molecule has 8 atom stereocenters. The Morgan fingerprint density at radius 2 is 1.77 bits per heavy atom. The van der Waals surface area contributed by atoms with Gasteiger partial charge in [-0.25, -0.2) is 0 Å². The summed E-state index contributed by atoms with van der Waals surface area (Å²) < 4.78 is 0. The molecule has 0 aromatic heterocycles. The molecule has 0 aromatic rings. The Morgan fingerprint density at radius 1 is 1.03 bits per heavy atom. The standard InChI is InChI=1S/C29H48O/c1-18(2)19(3)8-9-20(4)23-12-13-25-22-10-11-24-21(5)27(30)15-17-29(24,7)26(22)14-16-28(23,25)6/h20-21,23-25,27,30H,8-17H2,1-7H3/t20-,21+,23-,24?,25+,27+,28-,29+/m1/s1. The van der Waals surface area contributed by atoms with Crippen LogP contribution in [-0.4, -0.2) is 11.2 Å². The third-order valence-electron chi connectivity index (χ3n) is 11.1. The van der Waals surface area contributed by atoms with E-state index < -0.39 is 0 Å². The molecule has 0 bridgehead atoms. The summed E-state index contributed by atoms with van der Waals surface area (Å²) in [6, 6.07) is 0. The molecule has 4 aliphatic carbocycles. The van der Waals surface area contributed by atoms with Crippen LogP contribution >= 0.6 is 0 Å². The predicted molar refractivity (Wildman–Crippen MR) is 128 cm³/mol. The Kier molecular flexibility index (Phi) is 6.10. The number of aliphatic hydroxyl groups is 1. The molecular formula is C29H48O. The normalized spacial score (nSPS) is 44.2. The van der Waals surface area contributed by atoms with Crippen molar-refractivity contribution in [1.29, 1.82) is 0 Å². The molecule has 1 nitrogen and oxygen atoms in total. The second-order valence-electron chi connectivity index (χ2n) is 12.6. The molecule has 2 saturated carbocycles. The van der Waals surface area contributed by atoms with Crippen LogP contribution in [0.5, 0.6) is 0 Å². The maximum Gasteiger partial charge on any atom is 0.0569 e. The highest BCUT2D eigenvalue weighted by Gasteiger charge is 2.56. The molecule has 0 radical (unpaired) electrons. The molecule has 1 unspecified atom stereocenters. The second-order valence-corrected chi connectivity index (χ2v) is 12.6. The summed E-state index contributed by atoms with van der Waals surface area (Å²) in [6.07, 6.45) is 13.1. The van der Waals surface area contributed by atoms with Crippen molar-refractivity contribution in [1.82, 2.24) is 0 Å². The van der Waals surface area contributed by atoms with Gasteiger partial charge in [0.15, 0.2) is 0 Å². The molecule has 170 valence electrons. The van der Waals surface area contributed by atoms with Gasteiger partial charge in [0.25, 0.3) is 0 Å². The Bertz CT molecular complexity index is 725. The number of rotatable bonds is 4. The summed E-state index contributed by atoms with van der Waals surface area (Å²) in [5, 5.41) is 10.5. The lowest BCUT2D eigenvalue weighted by Gasteiger charge is -2.56. The predicted octanol–water partition coefficient (Wildman–Crippen LogP) is 8.09. The van der Waals surface area contributed by atoms with Gasteiger partial charge in [-0.15, -0.1) is 0 Å². The zero-order chi connectivity index (χ0) is 21.8. The fourth-order valence-electron chi connectivity index (χ4n) is 8.78. The van der Waals surface area contributed by atoms with Gasteiger partial charge in [0.2, 0.25) is 0 Å². The molecule has 1 N–H and O–H groups in total. The van der Waals surface area contributed by atoms with Crippen LogP contribution < -0.4 is 0 Å².